The first-order valence-corrected chi connectivity index (χ1v) is 9.35. The van der Waals surface area contributed by atoms with Crippen molar-refractivity contribution in [3.63, 3.8) is 0 Å². The zero-order valence-electron chi connectivity index (χ0n) is 11.8. The topological polar surface area (TPSA) is 42.0 Å². The summed E-state index contributed by atoms with van der Waals surface area (Å²) in [6.07, 6.45) is 2.60. The van der Waals surface area contributed by atoms with E-state index >= 15 is 0 Å². The summed E-state index contributed by atoms with van der Waals surface area (Å²) < 4.78 is 3.05. The van der Waals surface area contributed by atoms with Crippen molar-refractivity contribution in [2.24, 2.45) is 0 Å². The number of amides is 1. The van der Waals surface area contributed by atoms with Crippen molar-refractivity contribution >= 4 is 70.5 Å². The van der Waals surface area contributed by atoms with E-state index in [0.29, 0.717) is 11.6 Å². The van der Waals surface area contributed by atoms with E-state index in [0.717, 1.165) is 30.3 Å². The first-order valence-electron chi connectivity index (χ1n) is 6.95. The van der Waals surface area contributed by atoms with Crippen molar-refractivity contribution in [3.8, 4) is 0 Å². The normalized spacial score (nSPS) is 13.0. The Labute approximate surface area is 153 Å². The van der Waals surface area contributed by atoms with Crippen molar-refractivity contribution < 1.29 is 4.79 Å². The van der Waals surface area contributed by atoms with Gasteiger partial charge in [-0.05, 0) is 47.5 Å². The van der Waals surface area contributed by atoms with Crippen LogP contribution in [0, 0.1) is 0 Å². The van der Waals surface area contributed by atoms with Crippen LogP contribution in [0.4, 0.5) is 5.13 Å². The number of aromatic nitrogens is 1. The molecule has 1 amide bonds. The minimum atomic E-state index is -0.0876. The molecule has 3 aromatic rings. The van der Waals surface area contributed by atoms with Gasteiger partial charge in [0, 0.05) is 20.9 Å². The molecule has 1 aromatic heterocycles. The van der Waals surface area contributed by atoms with Gasteiger partial charge in [0.25, 0.3) is 5.91 Å². The molecule has 23 heavy (non-hydrogen) atoms. The summed E-state index contributed by atoms with van der Waals surface area (Å²) in [5, 5.41) is 3.54. The van der Waals surface area contributed by atoms with Gasteiger partial charge < -0.3 is 0 Å². The molecule has 0 atom stereocenters. The first kappa shape index (κ1) is 15.1. The SMILES string of the molecule is O=C(Nc1nc2cc(Br)ccc2s1)C1=Cc2cc(Br)ccc2C1. The lowest BCUT2D eigenvalue weighted by atomic mass is 10.1. The molecule has 0 radical (unpaired) electrons. The number of carbonyl (C=O) groups is 1. The molecule has 6 heteroatoms. The third kappa shape index (κ3) is 2.98. The van der Waals surface area contributed by atoms with Crippen LogP contribution in [0.5, 0.6) is 0 Å². The molecule has 4 rings (SSSR count). The van der Waals surface area contributed by atoms with Crippen LogP contribution in [0.15, 0.2) is 50.9 Å². The standard InChI is InChI=1S/C17H10Br2N2OS/c18-12-2-1-9-5-11(6-10(9)7-12)16(22)21-17-20-14-8-13(19)3-4-15(14)23-17/h1-4,6-8H,5H2,(H,20,21,22). The van der Waals surface area contributed by atoms with Gasteiger partial charge in [0.1, 0.15) is 0 Å². The number of thiazole rings is 1. The number of benzene rings is 2. The van der Waals surface area contributed by atoms with E-state index in [-0.39, 0.29) is 5.91 Å². The Hall–Kier alpha value is -1.50. The Morgan fingerprint density at radius 1 is 1.13 bits per heavy atom. The number of rotatable bonds is 2. The molecule has 0 bridgehead atoms. The Morgan fingerprint density at radius 3 is 2.78 bits per heavy atom. The van der Waals surface area contributed by atoms with Crippen molar-refractivity contribution in [2.45, 2.75) is 6.42 Å². The summed E-state index contributed by atoms with van der Waals surface area (Å²) in [4.78, 5) is 16.9. The fraction of sp³-hybridized carbons (Fsp3) is 0.0588. The summed E-state index contributed by atoms with van der Waals surface area (Å²) >= 11 is 8.37. The van der Waals surface area contributed by atoms with E-state index in [1.165, 1.54) is 16.9 Å². The van der Waals surface area contributed by atoms with Gasteiger partial charge in [-0.15, -0.1) is 0 Å². The van der Waals surface area contributed by atoms with Crippen LogP contribution in [-0.2, 0) is 11.2 Å². The van der Waals surface area contributed by atoms with Crippen LogP contribution in [0.25, 0.3) is 16.3 Å². The van der Waals surface area contributed by atoms with E-state index in [1.54, 1.807) is 0 Å². The lowest BCUT2D eigenvalue weighted by molar-refractivity contribution is -0.112. The van der Waals surface area contributed by atoms with Gasteiger partial charge >= 0.3 is 0 Å². The second-order valence-electron chi connectivity index (χ2n) is 5.27. The van der Waals surface area contributed by atoms with Crippen molar-refractivity contribution in [3.05, 3.63) is 62.0 Å². The Kier molecular flexibility index (Phi) is 3.83. The van der Waals surface area contributed by atoms with Gasteiger partial charge in [0.05, 0.1) is 10.2 Å². The molecular formula is C17H10Br2N2OS. The largest absolute Gasteiger partial charge is 0.298 e. The second-order valence-corrected chi connectivity index (χ2v) is 8.14. The molecule has 0 unspecified atom stereocenters. The van der Waals surface area contributed by atoms with Gasteiger partial charge in [0.2, 0.25) is 0 Å². The van der Waals surface area contributed by atoms with E-state index in [4.69, 9.17) is 0 Å². The third-order valence-electron chi connectivity index (χ3n) is 3.68. The van der Waals surface area contributed by atoms with E-state index in [1.807, 2.05) is 42.5 Å². The number of halogens is 2. The third-order valence-corrected chi connectivity index (χ3v) is 5.62. The quantitative estimate of drug-likeness (QED) is 0.569. The van der Waals surface area contributed by atoms with E-state index in [9.17, 15) is 4.79 Å². The molecule has 2 aromatic carbocycles. The number of hydrogen-bond acceptors (Lipinski definition) is 3. The zero-order chi connectivity index (χ0) is 16.0. The molecule has 114 valence electrons. The smallest absolute Gasteiger partial charge is 0.253 e. The minimum Gasteiger partial charge on any atom is -0.298 e. The van der Waals surface area contributed by atoms with Crippen LogP contribution >= 0.6 is 43.2 Å². The first-order chi connectivity index (χ1) is 11.1. The highest BCUT2D eigenvalue weighted by Crippen LogP contribution is 2.31. The predicted molar refractivity (Wildman–Crippen MR) is 102 cm³/mol. The van der Waals surface area contributed by atoms with Crippen molar-refractivity contribution in [1.82, 2.24) is 4.98 Å². The van der Waals surface area contributed by atoms with Gasteiger partial charge in [-0.25, -0.2) is 4.98 Å². The number of fused-ring (bicyclic) bond motifs is 2. The fourth-order valence-corrected chi connectivity index (χ4v) is 4.15. The molecule has 1 aliphatic rings. The van der Waals surface area contributed by atoms with E-state index < -0.39 is 0 Å². The molecule has 0 saturated heterocycles. The molecular weight excluding hydrogens is 440 g/mol. The molecule has 1 heterocycles. The lowest BCUT2D eigenvalue weighted by Crippen LogP contribution is -2.14. The number of nitrogens with one attached hydrogen (secondary N) is 1. The molecule has 1 N–H and O–H groups in total. The number of carbonyl (C=O) groups excluding carboxylic acids is 1. The number of hydrogen-bond donors (Lipinski definition) is 1. The van der Waals surface area contributed by atoms with Gasteiger partial charge in [-0.2, -0.15) is 0 Å². The highest BCUT2D eigenvalue weighted by Gasteiger charge is 2.19. The van der Waals surface area contributed by atoms with Gasteiger partial charge in [-0.3, -0.25) is 10.1 Å². The number of anilines is 1. The van der Waals surface area contributed by atoms with Crippen LogP contribution in [0.1, 0.15) is 11.1 Å². The van der Waals surface area contributed by atoms with Crippen LogP contribution in [0.3, 0.4) is 0 Å². The molecule has 3 nitrogen and oxygen atoms in total. The monoisotopic (exact) mass is 448 g/mol. The van der Waals surface area contributed by atoms with Crippen LogP contribution < -0.4 is 5.32 Å². The van der Waals surface area contributed by atoms with Crippen molar-refractivity contribution in [1.29, 1.82) is 0 Å². The summed E-state index contributed by atoms with van der Waals surface area (Å²) in [5.74, 6) is -0.0876. The van der Waals surface area contributed by atoms with Crippen LogP contribution in [-0.4, -0.2) is 10.9 Å². The summed E-state index contributed by atoms with van der Waals surface area (Å²) in [6, 6.07) is 12.0. The summed E-state index contributed by atoms with van der Waals surface area (Å²) in [7, 11) is 0. The maximum atomic E-state index is 12.5. The molecule has 0 spiro atoms. The molecule has 0 fully saturated rings. The van der Waals surface area contributed by atoms with Gasteiger partial charge in [0.15, 0.2) is 5.13 Å². The lowest BCUT2D eigenvalue weighted by Gasteiger charge is -2.01. The highest BCUT2D eigenvalue weighted by atomic mass is 79.9. The minimum absolute atomic E-state index is 0.0876. The molecule has 1 aliphatic carbocycles. The number of nitrogens with zero attached hydrogens (tertiary/aromatic N) is 1. The maximum absolute atomic E-state index is 12.5. The summed E-state index contributed by atoms with van der Waals surface area (Å²) in [5.41, 5.74) is 3.91. The predicted octanol–water partition coefficient (Wildman–Crippen LogP) is 5.40. The maximum Gasteiger partial charge on any atom is 0.253 e. The van der Waals surface area contributed by atoms with E-state index in [2.05, 4.69) is 42.2 Å². The Balaban J connectivity index is 1.57. The highest BCUT2D eigenvalue weighted by molar-refractivity contribution is 9.10. The Morgan fingerprint density at radius 2 is 1.91 bits per heavy atom. The average molecular weight is 450 g/mol. The van der Waals surface area contributed by atoms with Gasteiger partial charge in [-0.1, -0.05) is 49.3 Å². The fourth-order valence-electron chi connectivity index (χ4n) is 2.58. The second kappa shape index (κ2) is 5.85. The Bertz CT molecular complexity index is 978. The summed E-state index contributed by atoms with van der Waals surface area (Å²) in [6.45, 7) is 0. The zero-order valence-corrected chi connectivity index (χ0v) is 15.8. The van der Waals surface area contributed by atoms with Crippen LogP contribution in [0.2, 0.25) is 0 Å². The molecule has 0 aliphatic heterocycles. The average Bonchev–Trinajstić information content (AvgIpc) is 3.09. The molecule has 0 saturated carbocycles. The van der Waals surface area contributed by atoms with Crippen molar-refractivity contribution in [2.75, 3.05) is 5.32 Å².